The van der Waals surface area contributed by atoms with Crippen molar-refractivity contribution >= 4 is 0 Å². The van der Waals surface area contributed by atoms with Gasteiger partial charge < -0.3 is 0 Å². The maximum absolute atomic E-state index is 2.18. The lowest BCUT2D eigenvalue weighted by atomic mass is 10.2. The first kappa shape index (κ1) is 8.79. The first-order valence-electron chi connectivity index (χ1n) is 4.32. The Morgan fingerprint density at radius 2 is 0.750 bits per heavy atom. The molecular weight excluding hydrogens is 144 g/mol. The Morgan fingerprint density at radius 3 is 1.17 bits per heavy atom. The third-order valence-corrected chi connectivity index (χ3v) is 1.55. The van der Waals surface area contributed by atoms with Crippen molar-refractivity contribution in [2.24, 2.45) is 0 Å². The Balaban J connectivity index is 2.55. The highest BCUT2D eigenvalue weighted by molar-refractivity contribution is 5.18. The predicted molar refractivity (Wildman–Crippen MR) is 54.9 cm³/mol. The molecule has 0 N–H and O–H groups in total. The summed E-state index contributed by atoms with van der Waals surface area (Å²) in [6, 6.07) is 0. The molecule has 0 aromatic carbocycles. The van der Waals surface area contributed by atoms with Crippen LogP contribution in [0.2, 0.25) is 0 Å². The zero-order valence-corrected chi connectivity index (χ0v) is 7.19. The minimum atomic E-state index is 1.12. The summed E-state index contributed by atoms with van der Waals surface area (Å²) in [5.41, 5.74) is 0. The molecule has 0 bridgehead atoms. The van der Waals surface area contributed by atoms with Crippen molar-refractivity contribution in [1.82, 2.24) is 0 Å². The summed E-state index contributed by atoms with van der Waals surface area (Å²) >= 11 is 0. The van der Waals surface area contributed by atoms with Gasteiger partial charge in [0.25, 0.3) is 0 Å². The van der Waals surface area contributed by atoms with Gasteiger partial charge in [0, 0.05) is 0 Å². The van der Waals surface area contributed by atoms with Crippen LogP contribution in [0.15, 0.2) is 60.8 Å². The molecule has 0 amide bonds. The van der Waals surface area contributed by atoms with E-state index < -0.39 is 0 Å². The summed E-state index contributed by atoms with van der Waals surface area (Å²) in [5.74, 6) is 0. The van der Waals surface area contributed by atoms with Gasteiger partial charge >= 0.3 is 0 Å². The van der Waals surface area contributed by atoms with Gasteiger partial charge in [0.1, 0.15) is 0 Å². The molecule has 0 spiro atoms. The standard InChI is InChI=1S/C12H14/c1-2-4-6-8-10-12-11-9-7-5-3-1/h1-10H,11-12H2/b2-1?,5-3+,6-4?,9-7-,10-8-. The van der Waals surface area contributed by atoms with Crippen molar-refractivity contribution in [2.45, 2.75) is 12.8 Å². The molecule has 62 valence electrons. The van der Waals surface area contributed by atoms with Crippen LogP contribution in [0.5, 0.6) is 0 Å². The fourth-order valence-electron chi connectivity index (χ4n) is 0.927. The van der Waals surface area contributed by atoms with Crippen LogP contribution in [-0.4, -0.2) is 0 Å². The van der Waals surface area contributed by atoms with E-state index in [2.05, 4.69) is 36.5 Å². The number of rotatable bonds is 0. The molecular formula is C12H14. The van der Waals surface area contributed by atoms with Gasteiger partial charge in [0.05, 0.1) is 0 Å². The lowest BCUT2D eigenvalue weighted by Crippen LogP contribution is -1.64. The fraction of sp³-hybridized carbons (Fsp3) is 0.167. The van der Waals surface area contributed by atoms with E-state index in [9.17, 15) is 0 Å². The van der Waals surface area contributed by atoms with Crippen molar-refractivity contribution in [3.8, 4) is 0 Å². The van der Waals surface area contributed by atoms with E-state index in [0.717, 1.165) is 12.8 Å². The normalized spacial score (nSPS) is 25.3. The summed E-state index contributed by atoms with van der Waals surface area (Å²) in [6.07, 6.45) is 23.0. The van der Waals surface area contributed by atoms with Crippen molar-refractivity contribution in [2.75, 3.05) is 0 Å². The van der Waals surface area contributed by atoms with Gasteiger partial charge in [-0.1, -0.05) is 60.8 Å². The van der Waals surface area contributed by atoms with E-state index in [4.69, 9.17) is 0 Å². The van der Waals surface area contributed by atoms with Gasteiger partial charge in [-0.15, -0.1) is 0 Å². The van der Waals surface area contributed by atoms with Crippen molar-refractivity contribution in [3.63, 3.8) is 0 Å². The fourth-order valence-corrected chi connectivity index (χ4v) is 0.927. The van der Waals surface area contributed by atoms with E-state index in [-0.39, 0.29) is 0 Å². The number of hydrogen-bond acceptors (Lipinski definition) is 0. The summed E-state index contributed by atoms with van der Waals surface area (Å²) in [7, 11) is 0. The largest absolute Gasteiger partial charge is 0.0842 e. The lowest BCUT2D eigenvalue weighted by molar-refractivity contribution is 1.05. The second kappa shape index (κ2) is 6.41. The molecule has 0 aromatic heterocycles. The Hall–Kier alpha value is -1.30. The average molecular weight is 158 g/mol. The predicted octanol–water partition coefficient (Wildman–Crippen LogP) is 3.56. The molecule has 0 heterocycles. The average Bonchev–Trinajstić information content (AvgIpc) is 2.05. The highest BCUT2D eigenvalue weighted by Gasteiger charge is 1.74. The quantitative estimate of drug-likeness (QED) is 0.505. The molecule has 0 saturated carbocycles. The minimum Gasteiger partial charge on any atom is -0.0842 e. The van der Waals surface area contributed by atoms with Crippen LogP contribution >= 0.6 is 0 Å². The topological polar surface area (TPSA) is 0 Å². The summed E-state index contributed by atoms with van der Waals surface area (Å²) < 4.78 is 0. The molecule has 0 atom stereocenters. The summed E-state index contributed by atoms with van der Waals surface area (Å²) in [5, 5.41) is 0. The SMILES string of the molecule is C1=C/C=C\CC/C=C\C=C\C=C1. The molecule has 0 unspecified atom stereocenters. The van der Waals surface area contributed by atoms with Gasteiger partial charge in [-0.25, -0.2) is 0 Å². The minimum absolute atomic E-state index is 1.12. The molecule has 0 radical (unpaired) electrons. The zero-order chi connectivity index (χ0) is 8.49. The second-order valence-electron chi connectivity index (χ2n) is 2.59. The Bertz CT molecular complexity index is 211. The third-order valence-electron chi connectivity index (χ3n) is 1.55. The maximum Gasteiger partial charge on any atom is -0.0313 e. The van der Waals surface area contributed by atoms with Crippen molar-refractivity contribution in [1.29, 1.82) is 0 Å². The highest BCUT2D eigenvalue weighted by atomic mass is 13.8. The molecule has 12 heavy (non-hydrogen) atoms. The third kappa shape index (κ3) is 4.51. The van der Waals surface area contributed by atoms with Gasteiger partial charge in [-0.3, -0.25) is 0 Å². The highest BCUT2D eigenvalue weighted by Crippen LogP contribution is 1.95. The Morgan fingerprint density at radius 1 is 0.417 bits per heavy atom. The molecule has 1 rings (SSSR count). The molecule has 0 fully saturated rings. The summed E-state index contributed by atoms with van der Waals surface area (Å²) in [6.45, 7) is 0. The van der Waals surface area contributed by atoms with Gasteiger partial charge in [0.15, 0.2) is 0 Å². The summed E-state index contributed by atoms with van der Waals surface area (Å²) in [4.78, 5) is 0. The van der Waals surface area contributed by atoms with Crippen LogP contribution < -0.4 is 0 Å². The van der Waals surface area contributed by atoms with Crippen LogP contribution in [0.25, 0.3) is 0 Å². The van der Waals surface area contributed by atoms with E-state index in [1.807, 2.05) is 24.3 Å². The first-order valence-corrected chi connectivity index (χ1v) is 4.32. The van der Waals surface area contributed by atoms with Gasteiger partial charge in [-0.2, -0.15) is 0 Å². The van der Waals surface area contributed by atoms with E-state index in [1.165, 1.54) is 0 Å². The van der Waals surface area contributed by atoms with Crippen molar-refractivity contribution in [3.05, 3.63) is 60.8 Å². The molecule has 0 aliphatic heterocycles. The monoisotopic (exact) mass is 158 g/mol. The van der Waals surface area contributed by atoms with Crippen molar-refractivity contribution < 1.29 is 0 Å². The van der Waals surface area contributed by atoms with Crippen LogP contribution in [0.4, 0.5) is 0 Å². The second-order valence-corrected chi connectivity index (χ2v) is 2.59. The zero-order valence-electron chi connectivity index (χ0n) is 7.19. The molecule has 0 aromatic rings. The van der Waals surface area contributed by atoms with Crippen LogP contribution in [-0.2, 0) is 0 Å². The van der Waals surface area contributed by atoms with Crippen LogP contribution in [0.1, 0.15) is 12.8 Å². The van der Waals surface area contributed by atoms with E-state index in [1.54, 1.807) is 0 Å². The smallest absolute Gasteiger partial charge is 0.0313 e. The molecule has 0 nitrogen and oxygen atoms in total. The van der Waals surface area contributed by atoms with E-state index >= 15 is 0 Å². The molecule has 1 aliphatic rings. The van der Waals surface area contributed by atoms with Crippen LogP contribution in [0, 0.1) is 0 Å². The molecule has 0 saturated heterocycles. The first-order chi connectivity index (χ1) is 6.00. The number of allylic oxidation sites excluding steroid dienone is 10. The Labute approximate surface area is 74.3 Å². The van der Waals surface area contributed by atoms with Crippen LogP contribution in [0.3, 0.4) is 0 Å². The number of hydrogen-bond donors (Lipinski definition) is 0. The van der Waals surface area contributed by atoms with E-state index in [0.29, 0.717) is 0 Å². The molecule has 0 heteroatoms. The molecule has 1 aliphatic carbocycles. The maximum atomic E-state index is 2.18. The lowest BCUT2D eigenvalue weighted by Gasteiger charge is -1.84. The Kier molecular flexibility index (Phi) is 4.70. The van der Waals surface area contributed by atoms with Gasteiger partial charge in [0.2, 0.25) is 0 Å². The van der Waals surface area contributed by atoms with Gasteiger partial charge in [-0.05, 0) is 12.8 Å².